The lowest BCUT2D eigenvalue weighted by molar-refractivity contribution is 0.0951. The second kappa shape index (κ2) is 8.51. The molecule has 0 unspecified atom stereocenters. The maximum absolute atomic E-state index is 13.4. The summed E-state index contributed by atoms with van der Waals surface area (Å²) >= 11 is 0. The van der Waals surface area contributed by atoms with Crippen LogP contribution in [0, 0.1) is 5.82 Å². The van der Waals surface area contributed by atoms with Crippen molar-refractivity contribution in [3.8, 4) is 0 Å². The molecule has 7 nitrogen and oxygen atoms in total. The fraction of sp³-hybridized carbons (Fsp3) is 0.0400. The second-order valence-electron chi connectivity index (χ2n) is 7.47. The number of nitrogens with one attached hydrogen (secondary N) is 3. The molecule has 0 spiro atoms. The van der Waals surface area contributed by atoms with Crippen molar-refractivity contribution in [2.24, 2.45) is 0 Å². The highest BCUT2D eigenvalue weighted by atomic mass is 19.1. The number of benzene rings is 3. The minimum Gasteiger partial charge on any atom is -0.348 e. The van der Waals surface area contributed by atoms with Gasteiger partial charge in [-0.05, 0) is 41.3 Å². The van der Waals surface area contributed by atoms with Crippen LogP contribution in [0.4, 0.5) is 10.3 Å². The summed E-state index contributed by atoms with van der Waals surface area (Å²) in [4.78, 5) is 37.0. The number of para-hydroxylation sites is 1. The highest BCUT2D eigenvalue weighted by Gasteiger charge is 2.16. The van der Waals surface area contributed by atoms with E-state index in [9.17, 15) is 14.0 Å². The summed E-state index contributed by atoms with van der Waals surface area (Å²) < 4.78 is 13.4. The van der Waals surface area contributed by atoms with E-state index in [-0.39, 0.29) is 29.9 Å². The molecule has 162 valence electrons. The van der Waals surface area contributed by atoms with Gasteiger partial charge in [0.05, 0.1) is 16.6 Å². The van der Waals surface area contributed by atoms with E-state index in [0.29, 0.717) is 22.2 Å². The summed E-state index contributed by atoms with van der Waals surface area (Å²) in [6.07, 6.45) is 1.64. The van der Waals surface area contributed by atoms with Gasteiger partial charge in [0.1, 0.15) is 11.5 Å². The van der Waals surface area contributed by atoms with Gasteiger partial charge in [0.2, 0.25) is 5.95 Å². The minimum atomic E-state index is -0.420. The van der Waals surface area contributed by atoms with Gasteiger partial charge in [-0.25, -0.2) is 9.37 Å². The van der Waals surface area contributed by atoms with Gasteiger partial charge in [0, 0.05) is 18.1 Å². The van der Waals surface area contributed by atoms with Gasteiger partial charge in [0.15, 0.2) is 0 Å². The summed E-state index contributed by atoms with van der Waals surface area (Å²) in [5.41, 5.74) is 2.27. The third kappa shape index (κ3) is 4.27. The number of imidazole rings is 1. The van der Waals surface area contributed by atoms with Crippen LogP contribution in [0.3, 0.4) is 0 Å². The molecule has 0 saturated heterocycles. The first-order valence-electron chi connectivity index (χ1n) is 10.2. The highest BCUT2D eigenvalue weighted by molar-refractivity contribution is 6.07. The average Bonchev–Trinajstić information content (AvgIpc) is 3.24. The van der Waals surface area contributed by atoms with Crippen molar-refractivity contribution in [2.45, 2.75) is 6.54 Å². The van der Waals surface area contributed by atoms with Crippen LogP contribution >= 0.6 is 0 Å². The second-order valence-corrected chi connectivity index (χ2v) is 7.47. The topological polar surface area (TPSA) is 99.8 Å². The molecule has 33 heavy (non-hydrogen) atoms. The zero-order valence-corrected chi connectivity index (χ0v) is 17.3. The highest BCUT2D eigenvalue weighted by Crippen LogP contribution is 2.20. The smallest absolute Gasteiger partial charge is 0.276 e. The Balaban J connectivity index is 1.35. The molecule has 3 N–H and O–H groups in total. The number of nitrogens with zero attached hydrogens (tertiary/aromatic N) is 2. The van der Waals surface area contributed by atoms with Gasteiger partial charge in [0.25, 0.3) is 11.8 Å². The van der Waals surface area contributed by atoms with Crippen molar-refractivity contribution in [1.29, 1.82) is 0 Å². The Morgan fingerprint density at radius 2 is 1.73 bits per heavy atom. The number of fused-ring (bicyclic) bond motifs is 2. The molecule has 0 bridgehead atoms. The van der Waals surface area contributed by atoms with E-state index in [1.165, 1.54) is 12.1 Å². The number of halogens is 1. The molecule has 0 aliphatic rings. The fourth-order valence-corrected chi connectivity index (χ4v) is 3.58. The van der Waals surface area contributed by atoms with Crippen LogP contribution in [0.5, 0.6) is 0 Å². The Morgan fingerprint density at radius 3 is 2.58 bits per heavy atom. The first-order valence-corrected chi connectivity index (χ1v) is 10.2. The Kier molecular flexibility index (Phi) is 5.24. The molecule has 0 aliphatic carbocycles. The standard InChI is InChI=1S/C25H18FN5O2/c26-18-8-3-5-15(11-18)13-28-23(32)19-9-4-10-20-22(19)30-25(29-20)31-24(33)21-12-16-6-1-2-7-17(16)14-27-21/h1-12,14H,13H2,(H,28,32)(H2,29,30,31,33). The third-order valence-corrected chi connectivity index (χ3v) is 5.20. The third-order valence-electron chi connectivity index (χ3n) is 5.20. The minimum absolute atomic E-state index is 0.179. The molecule has 2 amide bonds. The molecule has 2 heterocycles. The molecule has 0 fully saturated rings. The van der Waals surface area contributed by atoms with E-state index in [2.05, 4.69) is 25.6 Å². The molecular formula is C25H18FN5O2. The van der Waals surface area contributed by atoms with Crippen molar-refractivity contribution in [3.05, 3.63) is 102 Å². The molecule has 0 radical (unpaired) electrons. The predicted molar refractivity (Wildman–Crippen MR) is 123 cm³/mol. The molecule has 2 aromatic heterocycles. The summed E-state index contributed by atoms with van der Waals surface area (Å²) in [5, 5.41) is 7.32. The Hall–Kier alpha value is -4.59. The molecule has 0 atom stereocenters. The number of aromatic amines is 1. The summed E-state index contributed by atoms with van der Waals surface area (Å²) in [5.74, 6) is -0.923. The van der Waals surface area contributed by atoms with Gasteiger partial charge in [-0.1, -0.05) is 42.5 Å². The number of amides is 2. The maximum Gasteiger partial charge on any atom is 0.276 e. The quantitative estimate of drug-likeness (QED) is 0.377. The van der Waals surface area contributed by atoms with Gasteiger partial charge in [-0.3, -0.25) is 19.9 Å². The van der Waals surface area contributed by atoms with Crippen LogP contribution in [0.1, 0.15) is 26.4 Å². The average molecular weight is 439 g/mol. The Morgan fingerprint density at radius 1 is 0.909 bits per heavy atom. The van der Waals surface area contributed by atoms with E-state index in [1.54, 1.807) is 42.6 Å². The van der Waals surface area contributed by atoms with Crippen molar-refractivity contribution in [2.75, 3.05) is 5.32 Å². The number of hydrogen-bond donors (Lipinski definition) is 3. The van der Waals surface area contributed by atoms with Crippen LogP contribution in [-0.4, -0.2) is 26.8 Å². The Labute approximate surface area is 187 Å². The Bertz CT molecular complexity index is 1510. The molecule has 5 aromatic rings. The number of hydrogen-bond acceptors (Lipinski definition) is 4. The van der Waals surface area contributed by atoms with Crippen LogP contribution in [0.15, 0.2) is 79.0 Å². The van der Waals surface area contributed by atoms with E-state index in [1.807, 2.05) is 24.3 Å². The lowest BCUT2D eigenvalue weighted by atomic mass is 10.1. The summed E-state index contributed by atoms with van der Waals surface area (Å²) in [6.45, 7) is 0.179. The fourth-order valence-electron chi connectivity index (χ4n) is 3.58. The largest absolute Gasteiger partial charge is 0.348 e. The lowest BCUT2D eigenvalue weighted by Crippen LogP contribution is -2.23. The van der Waals surface area contributed by atoms with Crippen molar-refractivity contribution >= 4 is 39.6 Å². The first-order chi connectivity index (χ1) is 16.1. The molecule has 8 heteroatoms. The monoisotopic (exact) mass is 439 g/mol. The predicted octanol–water partition coefficient (Wildman–Crippen LogP) is 4.43. The number of pyridine rings is 1. The number of carbonyl (C=O) groups excluding carboxylic acids is 2. The first kappa shape index (κ1) is 20.3. The van der Waals surface area contributed by atoms with Gasteiger partial charge >= 0.3 is 0 Å². The van der Waals surface area contributed by atoms with E-state index in [4.69, 9.17) is 0 Å². The lowest BCUT2D eigenvalue weighted by Gasteiger charge is -2.06. The van der Waals surface area contributed by atoms with Crippen LogP contribution < -0.4 is 10.6 Å². The van der Waals surface area contributed by atoms with Gasteiger partial charge in [-0.2, -0.15) is 0 Å². The van der Waals surface area contributed by atoms with Crippen molar-refractivity contribution < 1.29 is 14.0 Å². The SMILES string of the molecule is O=C(Nc1nc2cccc(C(=O)NCc3cccc(F)c3)c2[nH]1)c1cc2ccccc2cn1. The molecule has 5 rings (SSSR count). The van der Waals surface area contributed by atoms with E-state index in [0.717, 1.165) is 10.8 Å². The van der Waals surface area contributed by atoms with Gasteiger partial charge in [-0.15, -0.1) is 0 Å². The zero-order valence-electron chi connectivity index (χ0n) is 17.3. The number of anilines is 1. The van der Waals surface area contributed by atoms with Gasteiger partial charge < -0.3 is 10.3 Å². The van der Waals surface area contributed by atoms with Crippen LogP contribution in [0.25, 0.3) is 21.8 Å². The summed E-state index contributed by atoms with van der Waals surface area (Å²) in [7, 11) is 0. The number of rotatable bonds is 5. The van der Waals surface area contributed by atoms with Crippen molar-refractivity contribution in [3.63, 3.8) is 0 Å². The van der Waals surface area contributed by atoms with Crippen LogP contribution in [0.2, 0.25) is 0 Å². The number of H-pyrrole nitrogens is 1. The normalized spacial score (nSPS) is 10.9. The zero-order chi connectivity index (χ0) is 22.8. The number of aromatic nitrogens is 3. The number of carbonyl (C=O) groups is 2. The van der Waals surface area contributed by atoms with E-state index < -0.39 is 5.91 Å². The summed E-state index contributed by atoms with van der Waals surface area (Å²) in [6, 6.07) is 20.5. The van der Waals surface area contributed by atoms with Crippen LogP contribution in [-0.2, 0) is 6.54 Å². The molecule has 3 aromatic carbocycles. The molecule has 0 aliphatic heterocycles. The molecular weight excluding hydrogens is 421 g/mol. The van der Waals surface area contributed by atoms with Crippen molar-refractivity contribution in [1.82, 2.24) is 20.3 Å². The van der Waals surface area contributed by atoms with E-state index >= 15 is 0 Å². The maximum atomic E-state index is 13.4. The molecule has 0 saturated carbocycles.